The lowest BCUT2D eigenvalue weighted by Crippen LogP contribution is -2.24. The standard InChI is InChI=1S/C17H26O/c1-12-10-13(2)16(14(3)11-12)9-8-15-6-4-5-7-17(15)18/h10-11,15,17-18H,4-9H2,1-3H3. The van der Waals surface area contributed by atoms with Gasteiger partial charge in [-0.2, -0.15) is 0 Å². The lowest BCUT2D eigenvalue weighted by Gasteiger charge is -2.28. The molecule has 0 saturated heterocycles. The first-order valence-corrected chi connectivity index (χ1v) is 7.32. The van der Waals surface area contributed by atoms with Crippen molar-refractivity contribution in [2.75, 3.05) is 0 Å². The van der Waals surface area contributed by atoms with Crippen LogP contribution in [0.15, 0.2) is 12.1 Å². The molecule has 1 heteroatoms. The van der Waals surface area contributed by atoms with Crippen molar-refractivity contribution >= 4 is 0 Å². The molecule has 2 unspecified atom stereocenters. The third-order valence-corrected chi connectivity index (χ3v) is 4.47. The highest BCUT2D eigenvalue weighted by Crippen LogP contribution is 2.29. The van der Waals surface area contributed by atoms with Gasteiger partial charge in [0, 0.05) is 0 Å². The molecule has 1 aromatic rings. The predicted octanol–water partition coefficient (Wildman–Crippen LogP) is 4.10. The van der Waals surface area contributed by atoms with Crippen molar-refractivity contribution in [2.45, 2.75) is 65.4 Å². The summed E-state index contributed by atoms with van der Waals surface area (Å²) in [5, 5.41) is 10.0. The van der Waals surface area contributed by atoms with Gasteiger partial charge in [-0.05, 0) is 69.1 Å². The van der Waals surface area contributed by atoms with Crippen LogP contribution in [-0.4, -0.2) is 11.2 Å². The summed E-state index contributed by atoms with van der Waals surface area (Å²) in [6.07, 6.45) is 6.95. The van der Waals surface area contributed by atoms with Crippen LogP contribution in [-0.2, 0) is 6.42 Å². The molecule has 18 heavy (non-hydrogen) atoms. The van der Waals surface area contributed by atoms with Gasteiger partial charge in [0.2, 0.25) is 0 Å². The molecule has 0 aliphatic heterocycles. The van der Waals surface area contributed by atoms with Gasteiger partial charge in [0.1, 0.15) is 0 Å². The Morgan fingerprint density at radius 3 is 2.28 bits per heavy atom. The third-order valence-electron chi connectivity index (χ3n) is 4.47. The summed E-state index contributed by atoms with van der Waals surface area (Å²) in [6.45, 7) is 6.59. The minimum absolute atomic E-state index is 0.0511. The van der Waals surface area contributed by atoms with E-state index in [0.717, 1.165) is 19.3 Å². The normalized spacial score (nSPS) is 24.2. The molecule has 0 spiro atoms. The second kappa shape index (κ2) is 5.88. The van der Waals surface area contributed by atoms with Crippen LogP contribution in [0.25, 0.3) is 0 Å². The number of aryl methyl sites for hydroxylation is 3. The van der Waals surface area contributed by atoms with Gasteiger partial charge in [0.25, 0.3) is 0 Å². The Kier molecular flexibility index (Phi) is 4.45. The number of benzene rings is 1. The molecule has 1 N–H and O–H groups in total. The summed E-state index contributed by atoms with van der Waals surface area (Å²) < 4.78 is 0. The fourth-order valence-electron chi connectivity index (χ4n) is 3.46. The first-order chi connectivity index (χ1) is 8.58. The molecular weight excluding hydrogens is 220 g/mol. The molecule has 1 aliphatic rings. The zero-order valence-corrected chi connectivity index (χ0v) is 12.0. The molecule has 0 radical (unpaired) electrons. The Hall–Kier alpha value is -0.820. The lowest BCUT2D eigenvalue weighted by atomic mass is 9.82. The van der Waals surface area contributed by atoms with E-state index in [4.69, 9.17) is 0 Å². The van der Waals surface area contributed by atoms with Gasteiger partial charge in [-0.15, -0.1) is 0 Å². The highest BCUT2D eigenvalue weighted by molar-refractivity contribution is 5.37. The fourth-order valence-corrected chi connectivity index (χ4v) is 3.46. The van der Waals surface area contributed by atoms with Crippen molar-refractivity contribution in [2.24, 2.45) is 5.92 Å². The first kappa shape index (κ1) is 13.6. The topological polar surface area (TPSA) is 20.2 Å². The Morgan fingerprint density at radius 1 is 1.06 bits per heavy atom. The van der Waals surface area contributed by atoms with E-state index in [1.165, 1.54) is 41.5 Å². The Morgan fingerprint density at radius 2 is 1.67 bits per heavy atom. The average Bonchev–Trinajstić information content (AvgIpc) is 2.30. The van der Waals surface area contributed by atoms with Crippen LogP contribution < -0.4 is 0 Å². The number of hydrogen-bond donors (Lipinski definition) is 1. The van der Waals surface area contributed by atoms with Crippen molar-refractivity contribution in [3.05, 3.63) is 34.4 Å². The predicted molar refractivity (Wildman–Crippen MR) is 76.9 cm³/mol. The van der Waals surface area contributed by atoms with Crippen molar-refractivity contribution in [1.29, 1.82) is 0 Å². The van der Waals surface area contributed by atoms with E-state index >= 15 is 0 Å². The third kappa shape index (κ3) is 3.14. The number of aliphatic hydroxyl groups excluding tert-OH is 1. The van der Waals surface area contributed by atoms with E-state index < -0.39 is 0 Å². The number of hydrogen-bond acceptors (Lipinski definition) is 1. The maximum Gasteiger partial charge on any atom is 0.0568 e. The SMILES string of the molecule is Cc1cc(C)c(CCC2CCCCC2O)c(C)c1. The van der Waals surface area contributed by atoms with Crippen molar-refractivity contribution < 1.29 is 5.11 Å². The largest absolute Gasteiger partial charge is 0.393 e. The Balaban J connectivity index is 2.01. The van der Waals surface area contributed by atoms with Crippen LogP contribution >= 0.6 is 0 Å². The van der Waals surface area contributed by atoms with Crippen LogP contribution in [0.4, 0.5) is 0 Å². The molecule has 1 saturated carbocycles. The van der Waals surface area contributed by atoms with Crippen LogP contribution in [0.2, 0.25) is 0 Å². The van der Waals surface area contributed by atoms with Crippen molar-refractivity contribution in [1.82, 2.24) is 0 Å². The van der Waals surface area contributed by atoms with Gasteiger partial charge in [-0.1, -0.05) is 30.5 Å². The first-order valence-electron chi connectivity index (χ1n) is 7.32. The molecular formula is C17H26O. The lowest BCUT2D eigenvalue weighted by molar-refractivity contribution is 0.0655. The molecule has 1 aromatic carbocycles. The number of rotatable bonds is 3. The minimum Gasteiger partial charge on any atom is -0.393 e. The van der Waals surface area contributed by atoms with Crippen LogP contribution in [0.5, 0.6) is 0 Å². The van der Waals surface area contributed by atoms with Crippen LogP contribution in [0.3, 0.4) is 0 Å². The van der Waals surface area contributed by atoms with E-state index in [2.05, 4.69) is 32.9 Å². The van der Waals surface area contributed by atoms with Crippen LogP contribution in [0.1, 0.15) is 54.4 Å². The Bertz CT molecular complexity index is 385. The second-order valence-electron chi connectivity index (χ2n) is 6.03. The van der Waals surface area contributed by atoms with Gasteiger partial charge >= 0.3 is 0 Å². The summed E-state index contributed by atoms with van der Waals surface area (Å²) in [6, 6.07) is 4.55. The molecule has 2 atom stereocenters. The molecule has 1 fully saturated rings. The summed E-state index contributed by atoms with van der Waals surface area (Å²) in [5.74, 6) is 0.527. The average molecular weight is 246 g/mol. The smallest absolute Gasteiger partial charge is 0.0568 e. The summed E-state index contributed by atoms with van der Waals surface area (Å²) in [7, 11) is 0. The molecule has 0 amide bonds. The van der Waals surface area contributed by atoms with Gasteiger partial charge < -0.3 is 5.11 Å². The van der Waals surface area contributed by atoms with Gasteiger partial charge in [-0.3, -0.25) is 0 Å². The van der Waals surface area contributed by atoms with Gasteiger partial charge in [0.15, 0.2) is 0 Å². The van der Waals surface area contributed by atoms with Crippen molar-refractivity contribution in [3.8, 4) is 0 Å². The molecule has 1 aliphatic carbocycles. The zero-order valence-electron chi connectivity index (χ0n) is 12.0. The molecule has 1 nitrogen and oxygen atoms in total. The maximum atomic E-state index is 10.0. The van der Waals surface area contributed by atoms with Crippen LogP contribution in [0, 0.1) is 26.7 Å². The quantitative estimate of drug-likeness (QED) is 0.851. The van der Waals surface area contributed by atoms with E-state index in [0.29, 0.717) is 5.92 Å². The van der Waals surface area contributed by atoms with Gasteiger partial charge in [-0.25, -0.2) is 0 Å². The molecule has 0 heterocycles. The number of aliphatic hydroxyl groups is 1. The molecule has 0 aromatic heterocycles. The van der Waals surface area contributed by atoms with Crippen molar-refractivity contribution in [3.63, 3.8) is 0 Å². The highest BCUT2D eigenvalue weighted by Gasteiger charge is 2.22. The monoisotopic (exact) mass is 246 g/mol. The second-order valence-corrected chi connectivity index (χ2v) is 6.03. The zero-order chi connectivity index (χ0) is 13.1. The van der Waals surface area contributed by atoms with E-state index in [9.17, 15) is 5.11 Å². The maximum absolute atomic E-state index is 10.0. The molecule has 2 rings (SSSR count). The van der Waals surface area contributed by atoms with E-state index in [1.807, 2.05) is 0 Å². The summed E-state index contributed by atoms with van der Waals surface area (Å²) in [4.78, 5) is 0. The van der Waals surface area contributed by atoms with E-state index in [1.54, 1.807) is 0 Å². The summed E-state index contributed by atoms with van der Waals surface area (Å²) >= 11 is 0. The fraction of sp³-hybridized carbons (Fsp3) is 0.647. The molecule has 0 bridgehead atoms. The minimum atomic E-state index is -0.0511. The van der Waals surface area contributed by atoms with E-state index in [-0.39, 0.29) is 6.10 Å². The summed E-state index contributed by atoms with van der Waals surface area (Å²) in [5.41, 5.74) is 5.68. The Labute approximate surface area is 111 Å². The van der Waals surface area contributed by atoms with Gasteiger partial charge in [0.05, 0.1) is 6.10 Å². The highest BCUT2D eigenvalue weighted by atomic mass is 16.3. The molecule has 100 valence electrons.